The Morgan fingerprint density at radius 3 is 2.42 bits per heavy atom. The molecule has 1 aliphatic rings. The van der Waals surface area contributed by atoms with Crippen LogP contribution < -0.4 is 20.1 Å². The van der Waals surface area contributed by atoms with Crippen LogP contribution in [-0.2, 0) is 10.3 Å². The molecule has 1 aromatic carbocycles. The van der Waals surface area contributed by atoms with Crippen LogP contribution in [0.25, 0.3) is 0 Å². The van der Waals surface area contributed by atoms with Crippen molar-refractivity contribution in [2.75, 3.05) is 14.2 Å². The van der Waals surface area contributed by atoms with Crippen molar-refractivity contribution in [3.05, 3.63) is 23.8 Å². The number of rotatable bonds is 4. The van der Waals surface area contributed by atoms with Crippen LogP contribution in [0.4, 0.5) is 4.79 Å². The number of ether oxygens (including phenoxy) is 2. The summed E-state index contributed by atoms with van der Waals surface area (Å²) < 4.78 is 10.4. The fourth-order valence-electron chi connectivity index (χ4n) is 2.27. The SMILES string of the molecule is CC[C@@]1(c2cc(OC)ccc2OC)NC(=O)NC1=O. The van der Waals surface area contributed by atoms with Gasteiger partial charge in [0.25, 0.3) is 5.91 Å². The van der Waals surface area contributed by atoms with Crippen LogP contribution in [0.5, 0.6) is 11.5 Å². The lowest BCUT2D eigenvalue weighted by atomic mass is 9.86. The Hall–Kier alpha value is -2.24. The molecule has 0 saturated carbocycles. The third-order valence-corrected chi connectivity index (χ3v) is 3.34. The minimum absolute atomic E-state index is 0.383. The molecular formula is C13H16N2O4. The van der Waals surface area contributed by atoms with Crippen LogP contribution in [0, 0.1) is 0 Å². The average molecular weight is 264 g/mol. The van der Waals surface area contributed by atoms with Crippen LogP contribution in [0.2, 0.25) is 0 Å². The maximum absolute atomic E-state index is 12.1. The number of imide groups is 1. The Labute approximate surface area is 111 Å². The minimum Gasteiger partial charge on any atom is -0.497 e. The molecule has 0 aromatic heterocycles. The molecule has 2 rings (SSSR count). The van der Waals surface area contributed by atoms with E-state index in [-0.39, 0.29) is 5.91 Å². The number of carbonyl (C=O) groups excluding carboxylic acids is 2. The number of benzene rings is 1. The maximum Gasteiger partial charge on any atom is 0.322 e. The van der Waals surface area contributed by atoms with Gasteiger partial charge >= 0.3 is 6.03 Å². The summed E-state index contributed by atoms with van der Waals surface area (Å²) in [6.07, 6.45) is 0.411. The molecule has 102 valence electrons. The van der Waals surface area contributed by atoms with Crippen molar-refractivity contribution in [3.63, 3.8) is 0 Å². The third kappa shape index (κ3) is 1.99. The van der Waals surface area contributed by atoms with Gasteiger partial charge in [0.05, 0.1) is 14.2 Å². The Morgan fingerprint density at radius 2 is 1.95 bits per heavy atom. The maximum atomic E-state index is 12.1. The second-order valence-electron chi connectivity index (χ2n) is 4.23. The van der Waals surface area contributed by atoms with E-state index in [1.165, 1.54) is 14.2 Å². The second kappa shape index (κ2) is 4.79. The van der Waals surface area contributed by atoms with Crippen LogP contribution >= 0.6 is 0 Å². The molecule has 1 atom stereocenters. The number of methoxy groups -OCH3 is 2. The number of urea groups is 1. The Balaban J connectivity index is 2.60. The smallest absolute Gasteiger partial charge is 0.322 e. The summed E-state index contributed by atoms with van der Waals surface area (Å²) in [6.45, 7) is 1.82. The Morgan fingerprint density at radius 1 is 1.21 bits per heavy atom. The van der Waals surface area contributed by atoms with E-state index in [0.717, 1.165) is 0 Å². The first-order valence-electron chi connectivity index (χ1n) is 5.93. The zero-order valence-corrected chi connectivity index (χ0v) is 11.1. The van der Waals surface area contributed by atoms with Gasteiger partial charge in [-0.3, -0.25) is 10.1 Å². The van der Waals surface area contributed by atoms with E-state index in [4.69, 9.17) is 9.47 Å². The monoisotopic (exact) mass is 264 g/mol. The van der Waals surface area contributed by atoms with Gasteiger partial charge in [-0.05, 0) is 24.6 Å². The van der Waals surface area contributed by atoms with Gasteiger partial charge in [-0.2, -0.15) is 0 Å². The molecule has 6 nitrogen and oxygen atoms in total. The van der Waals surface area contributed by atoms with Gasteiger partial charge < -0.3 is 14.8 Å². The lowest BCUT2D eigenvalue weighted by molar-refractivity contribution is -0.124. The summed E-state index contributed by atoms with van der Waals surface area (Å²) in [6, 6.07) is 4.65. The van der Waals surface area contributed by atoms with Crippen molar-refractivity contribution in [1.29, 1.82) is 0 Å². The first-order valence-corrected chi connectivity index (χ1v) is 5.93. The van der Waals surface area contributed by atoms with Gasteiger partial charge in [-0.15, -0.1) is 0 Å². The molecule has 1 aromatic rings. The van der Waals surface area contributed by atoms with E-state index in [2.05, 4.69) is 10.6 Å². The molecule has 0 bridgehead atoms. The predicted octanol–water partition coefficient (Wildman–Crippen LogP) is 1.15. The lowest BCUT2D eigenvalue weighted by Crippen LogP contribution is -2.43. The predicted molar refractivity (Wildman–Crippen MR) is 68.2 cm³/mol. The zero-order chi connectivity index (χ0) is 14.0. The van der Waals surface area contributed by atoms with Gasteiger partial charge in [0.1, 0.15) is 17.0 Å². The van der Waals surface area contributed by atoms with Crippen LogP contribution in [-0.4, -0.2) is 26.2 Å². The molecule has 0 spiro atoms. The number of hydrogen-bond donors (Lipinski definition) is 2. The van der Waals surface area contributed by atoms with Crippen molar-refractivity contribution >= 4 is 11.9 Å². The van der Waals surface area contributed by atoms with Crippen molar-refractivity contribution in [2.24, 2.45) is 0 Å². The molecule has 1 fully saturated rings. The highest BCUT2D eigenvalue weighted by atomic mass is 16.5. The quantitative estimate of drug-likeness (QED) is 0.800. The van der Waals surface area contributed by atoms with Crippen molar-refractivity contribution in [1.82, 2.24) is 10.6 Å². The molecule has 3 amide bonds. The summed E-state index contributed by atoms with van der Waals surface area (Å²) >= 11 is 0. The van der Waals surface area contributed by atoms with Crippen LogP contribution in [0.15, 0.2) is 18.2 Å². The first kappa shape index (κ1) is 13.2. The molecule has 1 heterocycles. The van der Waals surface area contributed by atoms with Crippen molar-refractivity contribution in [3.8, 4) is 11.5 Å². The molecule has 0 aliphatic carbocycles. The summed E-state index contributed by atoms with van der Waals surface area (Å²) in [5.74, 6) is 0.740. The van der Waals surface area contributed by atoms with E-state index in [0.29, 0.717) is 23.5 Å². The first-order chi connectivity index (χ1) is 9.07. The van der Waals surface area contributed by atoms with Crippen LogP contribution in [0.1, 0.15) is 18.9 Å². The van der Waals surface area contributed by atoms with E-state index in [9.17, 15) is 9.59 Å². The molecular weight excluding hydrogens is 248 g/mol. The number of hydrogen-bond acceptors (Lipinski definition) is 4. The molecule has 0 radical (unpaired) electrons. The van der Waals surface area contributed by atoms with Crippen LogP contribution in [0.3, 0.4) is 0 Å². The number of amides is 3. The fraction of sp³-hybridized carbons (Fsp3) is 0.385. The summed E-state index contributed by atoms with van der Waals surface area (Å²) in [7, 11) is 3.06. The Bertz CT molecular complexity index is 529. The molecule has 19 heavy (non-hydrogen) atoms. The summed E-state index contributed by atoms with van der Waals surface area (Å²) in [5.41, 5.74) is -0.531. The highest BCUT2D eigenvalue weighted by Crippen LogP contribution is 2.37. The largest absolute Gasteiger partial charge is 0.497 e. The van der Waals surface area contributed by atoms with E-state index in [1.54, 1.807) is 18.2 Å². The normalized spacial score (nSPS) is 21.8. The van der Waals surface area contributed by atoms with Crippen molar-refractivity contribution < 1.29 is 19.1 Å². The van der Waals surface area contributed by atoms with E-state index < -0.39 is 11.6 Å². The topological polar surface area (TPSA) is 76.7 Å². The van der Waals surface area contributed by atoms with Gasteiger partial charge in [-0.1, -0.05) is 6.92 Å². The number of carbonyl (C=O) groups is 2. The molecule has 2 N–H and O–H groups in total. The highest BCUT2D eigenvalue weighted by Gasteiger charge is 2.48. The van der Waals surface area contributed by atoms with E-state index >= 15 is 0 Å². The summed E-state index contributed by atoms with van der Waals surface area (Å²) in [5, 5.41) is 4.93. The number of nitrogens with one attached hydrogen (secondary N) is 2. The zero-order valence-electron chi connectivity index (χ0n) is 11.1. The van der Waals surface area contributed by atoms with Gasteiger partial charge in [0.2, 0.25) is 0 Å². The Kier molecular flexibility index (Phi) is 3.33. The lowest BCUT2D eigenvalue weighted by Gasteiger charge is -2.27. The fourth-order valence-corrected chi connectivity index (χ4v) is 2.27. The molecule has 1 saturated heterocycles. The van der Waals surface area contributed by atoms with E-state index in [1.807, 2.05) is 6.92 Å². The van der Waals surface area contributed by atoms with Gasteiger partial charge in [0, 0.05) is 5.56 Å². The summed E-state index contributed by atoms with van der Waals surface area (Å²) in [4.78, 5) is 23.6. The minimum atomic E-state index is -1.11. The second-order valence-corrected chi connectivity index (χ2v) is 4.23. The van der Waals surface area contributed by atoms with Gasteiger partial charge in [-0.25, -0.2) is 4.79 Å². The third-order valence-electron chi connectivity index (χ3n) is 3.34. The van der Waals surface area contributed by atoms with Gasteiger partial charge in [0.15, 0.2) is 0 Å². The molecule has 1 aliphatic heterocycles. The van der Waals surface area contributed by atoms with Crippen molar-refractivity contribution in [2.45, 2.75) is 18.9 Å². The average Bonchev–Trinajstić information content (AvgIpc) is 2.73. The standard InChI is InChI=1S/C13H16N2O4/c1-4-13(11(16)14-12(17)15-13)9-7-8(18-2)5-6-10(9)19-3/h5-7H,4H2,1-3H3,(H2,14,15,16,17)/t13-/m0/s1. The molecule has 0 unspecified atom stereocenters. The highest BCUT2D eigenvalue weighted by molar-refractivity contribution is 6.07. The molecule has 6 heteroatoms.